The quantitative estimate of drug-likeness (QED) is 0.344. The third-order valence-corrected chi connectivity index (χ3v) is 3.89. The van der Waals surface area contributed by atoms with Crippen LogP contribution in [0.25, 0.3) is 0 Å². The second-order valence-corrected chi connectivity index (χ2v) is 6.17. The molecule has 0 aromatic carbocycles. The van der Waals surface area contributed by atoms with E-state index in [0.717, 1.165) is 17.9 Å². The number of hydrogen-bond donors (Lipinski definition) is 2. The van der Waals surface area contributed by atoms with Crippen molar-refractivity contribution in [3.05, 3.63) is 23.9 Å². The Morgan fingerprint density at radius 1 is 1.24 bits per heavy atom. The largest absolute Gasteiger partial charge is 0.475 e. The number of guanidine groups is 1. The van der Waals surface area contributed by atoms with Crippen LogP contribution in [-0.2, 0) is 11.3 Å². The lowest BCUT2D eigenvalue weighted by Gasteiger charge is -2.18. The minimum atomic E-state index is 0.415. The van der Waals surface area contributed by atoms with Crippen molar-refractivity contribution in [3.63, 3.8) is 0 Å². The average molecular weight is 351 g/mol. The van der Waals surface area contributed by atoms with E-state index < -0.39 is 0 Å². The summed E-state index contributed by atoms with van der Waals surface area (Å²) in [5.41, 5.74) is 1.08. The van der Waals surface area contributed by atoms with Crippen LogP contribution in [0.3, 0.4) is 0 Å². The van der Waals surface area contributed by atoms with E-state index in [9.17, 15) is 0 Å². The van der Waals surface area contributed by atoms with E-state index in [2.05, 4.69) is 34.5 Å². The maximum Gasteiger partial charge on any atom is 0.213 e. The van der Waals surface area contributed by atoms with Gasteiger partial charge in [0.05, 0.1) is 6.61 Å². The Labute approximate surface area is 152 Å². The highest BCUT2D eigenvalue weighted by Gasteiger charge is 2.05. The molecule has 2 N–H and O–H groups in total. The van der Waals surface area contributed by atoms with Crippen LogP contribution in [0.1, 0.15) is 51.5 Å². The third kappa shape index (κ3) is 9.92. The normalized spacial score (nSPS) is 12.7. The number of nitrogens with zero attached hydrogens (tertiary/aromatic N) is 2. The van der Waals surface area contributed by atoms with Gasteiger partial charge < -0.3 is 20.1 Å². The molecule has 0 radical (unpaired) electrons. The fourth-order valence-corrected chi connectivity index (χ4v) is 2.39. The fourth-order valence-electron chi connectivity index (χ4n) is 2.39. The van der Waals surface area contributed by atoms with Crippen molar-refractivity contribution in [2.45, 2.75) is 58.5 Å². The molecule has 6 heteroatoms. The molecule has 1 rings (SSSR count). The molecule has 1 aromatic rings. The van der Waals surface area contributed by atoms with Crippen molar-refractivity contribution >= 4 is 5.96 Å². The average Bonchev–Trinajstić information content (AvgIpc) is 2.63. The number of hydrogen-bond acceptors (Lipinski definition) is 4. The molecular formula is C19H34N4O2. The zero-order valence-corrected chi connectivity index (χ0v) is 16.2. The van der Waals surface area contributed by atoms with Crippen LogP contribution in [0.2, 0.25) is 0 Å². The number of methoxy groups -OCH3 is 1. The molecule has 0 fully saturated rings. The molecule has 0 aliphatic heterocycles. The zero-order valence-electron chi connectivity index (χ0n) is 16.2. The summed E-state index contributed by atoms with van der Waals surface area (Å²) in [5.74, 6) is 1.44. The van der Waals surface area contributed by atoms with Crippen LogP contribution in [0.5, 0.6) is 5.88 Å². The van der Waals surface area contributed by atoms with Crippen molar-refractivity contribution in [3.8, 4) is 5.88 Å². The van der Waals surface area contributed by atoms with Gasteiger partial charge in [0, 0.05) is 39.0 Å². The number of ether oxygens (including phenoxy) is 2. The second-order valence-electron chi connectivity index (χ2n) is 6.17. The first-order valence-electron chi connectivity index (χ1n) is 9.23. The molecule has 1 aromatic heterocycles. The van der Waals surface area contributed by atoms with Crippen molar-refractivity contribution in [2.24, 2.45) is 4.99 Å². The van der Waals surface area contributed by atoms with Crippen LogP contribution in [0.15, 0.2) is 23.3 Å². The number of aromatic nitrogens is 1. The van der Waals surface area contributed by atoms with E-state index >= 15 is 0 Å². The summed E-state index contributed by atoms with van der Waals surface area (Å²) >= 11 is 0. The minimum absolute atomic E-state index is 0.415. The van der Waals surface area contributed by atoms with E-state index in [0.29, 0.717) is 31.7 Å². The molecule has 25 heavy (non-hydrogen) atoms. The Hall–Kier alpha value is -1.82. The number of rotatable bonds is 12. The lowest BCUT2D eigenvalue weighted by Crippen LogP contribution is -2.41. The number of unbranched alkanes of at least 4 members (excludes halogenated alkanes) is 3. The van der Waals surface area contributed by atoms with E-state index in [1.54, 1.807) is 14.2 Å². The van der Waals surface area contributed by atoms with Gasteiger partial charge in [0.1, 0.15) is 6.61 Å². The predicted molar refractivity (Wildman–Crippen MR) is 103 cm³/mol. The maximum absolute atomic E-state index is 5.46. The van der Waals surface area contributed by atoms with Crippen LogP contribution >= 0.6 is 0 Å². The summed E-state index contributed by atoms with van der Waals surface area (Å²) in [5, 5.41) is 6.77. The standard InChI is InChI=1S/C19H34N4O2/c1-5-6-7-8-9-16(2)23-19(20-3)22-15-17-10-11-18(21-14-17)25-13-12-24-4/h10-11,14,16H,5-9,12-13,15H2,1-4H3,(H2,20,22,23). The third-order valence-electron chi connectivity index (χ3n) is 3.89. The van der Waals surface area contributed by atoms with Gasteiger partial charge in [-0.3, -0.25) is 4.99 Å². The van der Waals surface area contributed by atoms with E-state index in [1.807, 2.05) is 18.3 Å². The van der Waals surface area contributed by atoms with Crippen molar-refractivity contribution < 1.29 is 9.47 Å². The van der Waals surface area contributed by atoms with E-state index in [4.69, 9.17) is 9.47 Å². The van der Waals surface area contributed by atoms with Gasteiger partial charge in [0.25, 0.3) is 0 Å². The second kappa shape index (κ2) is 13.5. The van der Waals surface area contributed by atoms with E-state index in [-0.39, 0.29) is 0 Å². The van der Waals surface area contributed by atoms with E-state index in [1.165, 1.54) is 25.7 Å². The molecule has 1 atom stereocenters. The molecule has 0 bridgehead atoms. The van der Waals surface area contributed by atoms with Gasteiger partial charge in [0.2, 0.25) is 5.88 Å². The first-order valence-corrected chi connectivity index (χ1v) is 9.23. The minimum Gasteiger partial charge on any atom is -0.475 e. The lowest BCUT2D eigenvalue weighted by atomic mass is 10.1. The number of aliphatic imine (C=N–C) groups is 1. The predicted octanol–water partition coefficient (Wildman–Crippen LogP) is 3.13. The Balaban J connectivity index is 2.31. The molecule has 0 spiro atoms. The van der Waals surface area contributed by atoms with Gasteiger partial charge in [-0.05, 0) is 18.9 Å². The van der Waals surface area contributed by atoms with Gasteiger partial charge in [0.15, 0.2) is 5.96 Å². The molecule has 0 amide bonds. The van der Waals surface area contributed by atoms with Gasteiger partial charge in [-0.1, -0.05) is 38.7 Å². The Morgan fingerprint density at radius 3 is 2.72 bits per heavy atom. The topological polar surface area (TPSA) is 67.8 Å². The summed E-state index contributed by atoms with van der Waals surface area (Å²) in [7, 11) is 3.45. The summed E-state index contributed by atoms with van der Waals surface area (Å²) in [6.07, 6.45) is 8.13. The van der Waals surface area contributed by atoms with Gasteiger partial charge in [-0.25, -0.2) is 4.98 Å². The molecule has 0 saturated heterocycles. The monoisotopic (exact) mass is 350 g/mol. The summed E-state index contributed by atoms with van der Waals surface area (Å²) in [4.78, 5) is 8.59. The van der Waals surface area contributed by atoms with Crippen LogP contribution in [0, 0.1) is 0 Å². The molecule has 0 aliphatic rings. The maximum atomic E-state index is 5.46. The number of pyridine rings is 1. The lowest BCUT2D eigenvalue weighted by molar-refractivity contribution is 0.143. The smallest absolute Gasteiger partial charge is 0.213 e. The SMILES string of the molecule is CCCCCCC(C)NC(=NC)NCc1ccc(OCCOC)nc1. The van der Waals surface area contributed by atoms with Gasteiger partial charge in [-0.2, -0.15) is 0 Å². The highest BCUT2D eigenvalue weighted by atomic mass is 16.5. The summed E-state index contributed by atoms with van der Waals surface area (Å²) in [6, 6.07) is 4.29. The van der Waals surface area contributed by atoms with Crippen molar-refractivity contribution in [2.75, 3.05) is 27.4 Å². The van der Waals surface area contributed by atoms with Crippen molar-refractivity contribution in [1.29, 1.82) is 0 Å². The first-order chi connectivity index (χ1) is 12.2. The van der Waals surface area contributed by atoms with Crippen molar-refractivity contribution in [1.82, 2.24) is 15.6 Å². The molecule has 0 saturated carbocycles. The summed E-state index contributed by atoms with van der Waals surface area (Å²) < 4.78 is 10.4. The summed E-state index contributed by atoms with van der Waals surface area (Å²) in [6.45, 7) is 6.18. The Bertz CT molecular complexity index is 477. The molecular weight excluding hydrogens is 316 g/mol. The molecule has 1 heterocycles. The zero-order chi connectivity index (χ0) is 18.3. The van der Waals surface area contributed by atoms with Crippen LogP contribution in [0.4, 0.5) is 0 Å². The Kier molecular flexibility index (Phi) is 11.4. The highest BCUT2D eigenvalue weighted by Crippen LogP contribution is 2.08. The first kappa shape index (κ1) is 21.2. The van der Waals surface area contributed by atoms with Gasteiger partial charge in [-0.15, -0.1) is 0 Å². The fraction of sp³-hybridized carbons (Fsp3) is 0.684. The molecule has 6 nitrogen and oxygen atoms in total. The molecule has 0 aliphatic carbocycles. The molecule has 142 valence electrons. The molecule has 1 unspecified atom stereocenters. The highest BCUT2D eigenvalue weighted by molar-refractivity contribution is 5.79. The van der Waals surface area contributed by atoms with Gasteiger partial charge >= 0.3 is 0 Å². The Morgan fingerprint density at radius 2 is 2.08 bits per heavy atom. The van der Waals surface area contributed by atoms with Crippen LogP contribution in [-0.4, -0.2) is 44.4 Å². The van der Waals surface area contributed by atoms with Crippen LogP contribution < -0.4 is 15.4 Å². The number of nitrogens with one attached hydrogen (secondary N) is 2.